The topological polar surface area (TPSA) is 185 Å². The molecule has 3 saturated carbocycles. The molecule has 1 spiro atoms. The maximum atomic E-state index is 14.0. The van der Waals surface area contributed by atoms with Crippen molar-refractivity contribution in [3.05, 3.63) is 105 Å². The number of anilines is 2. The highest BCUT2D eigenvalue weighted by Crippen LogP contribution is 2.62. The molecular formula is C47H53BrN8O7S. The van der Waals surface area contributed by atoms with E-state index in [0.29, 0.717) is 29.9 Å². The molecule has 10 rings (SSSR count). The van der Waals surface area contributed by atoms with E-state index >= 15 is 0 Å². The Balaban J connectivity index is 0.843. The van der Waals surface area contributed by atoms with E-state index in [1.165, 1.54) is 11.8 Å². The number of fused-ring (bicyclic) bond motifs is 2. The van der Waals surface area contributed by atoms with Gasteiger partial charge in [0.15, 0.2) is 0 Å². The summed E-state index contributed by atoms with van der Waals surface area (Å²) in [6.07, 6.45) is 14.0. The minimum Gasteiger partial charge on any atom is -0.455 e. The molecule has 2 atom stereocenters. The van der Waals surface area contributed by atoms with E-state index in [0.717, 1.165) is 112 Å². The van der Waals surface area contributed by atoms with Gasteiger partial charge >= 0.3 is 5.69 Å². The summed E-state index contributed by atoms with van der Waals surface area (Å²) in [5.74, 6) is -0.143. The maximum Gasteiger partial charge on any atom is 0.312 e. The molecule has 3 N–H and O–H groups in total. The Morgan fingerprint density at radius 2 is 1.78 bits per heavy atom. The number of H-pyrrole nitrogens is 1. The highest BCUT2D eigenvalue weighted by atomic mass is 79.9. The van der Waals surface area contributed by atoms with Crippen molar-refractivity contribution in [2.45, 2.75) is 94.2 Å². The van der Waals surface area contributed by atoms with E-state index in [1.54, 1.807) is 24.4 Å². The van der Waals surface area contributed by atoms with Crippen LogP contribution in [-0.4, -0.2) is 84.0 Å². The van der Waals surface area contributed by atoms with Crippen molar-refractivity contribution >= 4 is 60.1 Å². The van der Waals surface area contributed by atoms with Gasteiger partial charge in [-0.15, -0.1) is 0 Å². The number of nitrogens with one attached hydrogen (secondary N) is 3. The largest absolute Gasteiger partial charge is 0.455 e. The van der Waals surface area contributed by atoms with Crippen LogP contribution in [0.3, 0.4) is 0 Å². The van der Waals surface area contributed by atoms with Crippen LogP contribution in [0.5, 0.6) is 11.5 Å². The van der Waals surface area contributed by atoms with Crippen molar-refractivity contribution in [2.75, 3.05) is 43.0 Å². The molecule has 2 aliphatic heterocycles. The first-order chi connectivity index (χ1) is 30.7. The van der Waals surface area contributed by atoms with Crippen LogP contribution in [0.1, 0.15) is 87.6 Å². The van der Waals surface area contributed by atoms with Gasteiger partial charge in [0.05, 0.1) is 41.1 Å². The lowest BCUT2D eigenvalue weighted by molar-refractivity contribution is -0.384. The molecule has 3 aromatic heterocycles. The Morgan fingerprint density at radius 1 is 1.00 bits per heavy atom. The normalized spacial score (nSPS) is 23.3. The number of nitro groups is 1. The van der Waals surface area contributed by atoms with Crippen molar-refractivity contribution in [3.63, 3.8) is 0 Å². The van der Waals surface area contributed by atoms with Crippen molar-refractivity contribution in [1.82, 2.24) is 24.6 Å². The zero-order valence-corrected chi connectivity index (χ0v) is 38.4. The van der Waals surface area contributed by atoms with Gasteiger partial charge in [-0.25, -0.2) is 23.1 Å². The zero-order valence-electron chi connectivity index (χ0n) is 36.0. The molecular weight excluding hydrogens is 901 g/mol. The summed E-state index contributed by atoms with van der Waals surface area (Å²) in [5.41, 5.74) is 2.79. The minimum atomic E-state index is -4.60. The molecule has 336 valence electrons. The third kappa shape index (κ3) is 8.13. The third-order valence-corrected chi connectivity index (χ3v) is 16.7. The number of hydrogen-bond donors (Lipinski definition) is 3. The Bertz CT molecular complexity index is 2720. The third-order valence-electron chi connectivity index (χ3n) is 14.7. The Kier molecular flexibility index (Phi) is 11.0. The molecule has 3 aliphatic carbocycles. The number of halogens is 1. The second kappa shape index (κ2) is 16.4. The molecule has 5 fully saturated rings. The van der Waals surface area contributed by atoms with Crippen molar-refractivity contribution in [2.24, 2.45) is 16.7 Å². The lowest BCUT2D eigenvalue weighted by atomic mass is 9.59. The van der Waals surface area contributed by atoms with Crippen LogP contribution in [0.15, 0.2) is 88.6 Å². The van der Waals surface area contributed by atoms with Crippen molar-refractivity contribution in [1.29, 1.82) is 0 Å². The second-order valence-electron chi connectivity index (χ2n) is 19.3. The molecule has 1 unspecified atom stereocenters. The summed E-state index contributed by atoms with van der Waals surface area (Å²) in [7, 11) is -4.60. The molecule has 17 heteroatoms. The van der Waals surface area contributed by atoms with Gasteiger partial charge < -0.3 is 24.7 Å². The van der Waals surface area contributed by atoms with Crippen LogP contribution in [-0.2, 0) is 20.3 Å². The number of pyridine rings is 2. The summed E-state index contributed by atoms with van der Waals surface area (Å²) in [6.45, 7) is 8.30. The van der Waals surface area contributed by atoms with Crippen molar-refractivity contribution in [3.8, 4) is 11.5 Å². The van der Waals surface area contributed by atoms with Crippen LogP contribution in [0.25, 0.3) is 11.0 Å². The van der Waals surface area contributed by atoms with Gasteiger partial charge in [0.2, 0.25) is 5.82 Å². The molecule has 1 amide bonds. The number of morpholine rings is 1. The zero-order chi connectivity index (χ0) is 44.4. The van der Waals surface area contributed by atoms with Crippen LogP contribution >= 0.6 is 15.9 Å². The van der Waals surface area contributed by atoms with Gasteiger partial charge in [-0.2, -0.15) is 0 Å². The number of aromatic nitrogens is 3. The van der Waals surface area contributed by atoms with Crippen LogP contribution in [0, 0.1) is 26.9 Å². The number of ether oxygens (including phenoxy) is 2. The van der Waals surface area contributed by atoms with Gasteiger partial charge in [0, 0.05) is 72.5 Å². The molecule has 0 radical (unpaired) electrons. The fourth-order valence-electron chi connectivity index (χ4n) is 10.9. The Hall–Kier alpha value is -5.10. The standard InChI is InChI=1S/C47H53BrN8O7S/c1-45(2)12-9-30(10-13-45)27-50-43-39(56(58)59)23-35(29-52-43)64(60,61)53-44(57)36-8-7-32(22-40(36)63-34-21-31-11-16-49-42(31)51-28-34)54-17-14-46(15-18-54)24-33(25-46)55-19-20-62-41-26-47(41,55)37-5-3-4-6-38(37)48/h3-8,11,16,21-23,28-30,33,41H,9-10,12-15,17-20,24-27H2,1-2H3,(H,49,51)(H,50,52)(H,53,57)/t41?,47-/m0/s1. The Labute approximate surface area is 381 Å². The van der Waals surface area contributed by atoms with Gasteiger partial charge in [-0.3, -0.25) is 19.8 Å². The first-order valence-corrected chi connectivity index (χ1v) is 24.6. The molecule has 2 aromatic carbocycles. The lowest BCUT2D eigenvalue weighted by Gasteiger charge is -2.58. The van der Waals surface area contributed by atoms with Crippen LogP contribution in [0.4, 0.5) is 17.2 Å². The number of piperidine rings is 1. The SMILES string of the molecule is CC1(C)CCC(CNc2ncc(S(=O)(=O)NC(=O)c3ccc(N4CCC5(CC4)CC(N4CCOC6C[C@]64c4ccccc4Br)C5)cc3Oc3cnc4[nH]ccc4c3)cc2[N+](=O)[O-])CC1. The highest BCUT2D eigenvalue weighted by Gasteiger charge is 2.66. The average molecular weight is 954 g/mol. The van der Waals surface area contributed by atoms with Gasteiger partial charge in [-0.1, -0.05) is 48.0 Å². The van der Waals surface area contributed by atoms with Gasteiger partial charge in [0.1, 0.15) is 22.0 Å². The number of carbonyl (C=O) groups is 1. The summed E-state index contributed by atoms with van der Waals surface area (Å²) in [6, 6.07) is 18.8. The number of nitrogens with zero attached hydrogens (tertiary/aromatic N) is 5. The molecule has 2 saturated heterocycles. The molecule has 5 aromatic rings. The second-order valence-corrected chi connectivity index (χ2v) is 21.8. The number of amides is 1. The quantitative estimate of drug-likeness (QED) is 0.0798. The van der Waals surface area contributed by atoms with E-state index in [-0.39, 0.29) is 39.6 Å². The number of benzene rings is 2. The summed E-state index contributed by atoms with van der Waals surface area (Å²) in [4.78, 5) is 41.6. The first kappa shape index (κ1) is 42.8. The maximum absolute atomic E-state index is 14.0. The van der Waals surface area contributed by atoms with E-state index in [2.05, 4.69) is 88.8 Å². The molecule has 0 bridgehead atoms. The summed E-state index contributed by atoms with van der Waals surface area (Å²) < 4.78 is 43.3. The first-order valence-electron chi connectivity index (χ1n) is 22.3. The number of hydrogen-bond acceptors (Lipinski definition) is 12. The monoisotopic (exact) mass is 952 g/mol. The van der Waals surface area contributed by atoms with Gasteiger partial charge in [-0.05, 0) is 104 Å². The van der Waals surface area contributed by atoms with E-state index in [9.17, 15) is 23.3 Å². The van der Waals surface area contributed by atoms with E-state index < -0.39 is 31.4 Å². The van der Waals surface area contributed by atoms with Crippen molar-refractivity contribution < 1.29 is 27.6 Å². The van der Waals surface area contributed by atoms with E-state index in [4.69, 9.17) is 9.47 Å². The molecule has 5 heterocycles. The smallest absolute Gasteiger partial charge is 0.312 e. The minimum absolute atomic E-state index is 0.0153. The fraction of sp³-hybridized carbons (Fsp3) is 0.468. The molecule has 5 aliphatic rings. The van der Waals surface area contributed by atoms with Gasteiger partial charge in [0.25, 0.3) is 15.9 Å². The number of rotatable bonds is 12. The summed E-state index contributed by atoms with van der Waals surface area (Å²) >= 11 is 3.83. The fourth-order valence-corrected chi connectivity index (χ4v) is 12.4. The Morgan fingerprint density at radius 3 is 2.55 bits per heavy atom. The highest BCUT2D eigenvalue weighted by molar-refractivity contribution is 9.10. The molecule has 15 nitrogen and oxygen atoms in total. The number of aromatic amines is 1. The van der Waals surface area contributed by atoms with E-state index in [1.807, 2.05) is 12.1 Å². The summed E-state index contributed by atoms with van der Waals surface area (Å²) in [5, 5.41) is 16.0. The van der Waals surface area contributed by atoms with Crippen LogP contribution in [0.2, 0.25) is 0 Å². The number of carbonyl (C=O) groups excluding carboxylic acids is 1. The average Bonchev–Trinajstić information content (AvgIpc) is 3.84. The van der Waals surface area contributed by atoms with Crippen LogP contribution < -0.4 is 19.7 Å². The molecule has 64 heavy (non-hydrogen) atoms. The lowest BCUT2D eigenvalue weighted by Crippen LogP contribution is -2.60. The predicted molar refractivity (Wildman–Crippen MR) is 246 cm³/mol. The predicted octanol–water partition coefficient (Wildman–Crippen LogP) is 8.92. The number of sulfonamides is 1.